The first-order valence-electron chi connectivity index (χ1n) is 9.39. The third-order valence-corrected chi connectivity index (χ3v) is 7.40. The van der Waals surface area contributed by atoms with Crippen LogP contribution in [0.2, 0.25) is 0 Å². The van der Waals surface area contributed by atoms with E-state index in [9.17, 15) is 8.60 Å². The third kappa shape index (κ3) is 5.63. The van der Waals surface area contributed by atoms with Crippen molar-refractivity contribution in [1.29, 1.82) is 0 Å². The Morgan fingerprint density at radius 1 is 1.04 bits per heavy atom. The maximum atomic E-state index is 13.1. The number of benzene rings is 2. The van der Waals surface area contributed by atoms with Crippen LogP contribution < -0.4 is 0 Å². The van der Waals surface area contributed by atoms with E-state index in [-0.39, 0.29) is 23.5 Å². The second-order valence-corrected chi connectivity index (χ2v) is 9.11. The van der Waals surface area contributed by atoms with Crippen LogP contribution in [-0.4, -0.2) is 34.0 Å². The Hall–Kier alpha value is -1.23. The molecule has 2 aromatic carbocycles. The van der Waals surface area contributed by atoms with Crippen LogP contribution in [0.5, 0.6) is 0 Å². The number of piperidine rings is 1. The summed E-state index contributed by atoms with van der Waals surface area (Å²) in [6.45, 7) is 9.19. The number of halogens is 2. The van der Waals surface area contributed by atoms with E-state index >= 15 is 0 Å². The number of aryl methyl sites for hydroxylation is 3. The Balaban J connectivity index is 0.00000261. The van der Waals surface area contributed by atoms with Crippen molar-refractivity contribution in [1.82, 2.24) is 4.90 Å². The van der Waals surface area contributed by atoms with Crippen LogP contribution in [0.25, 0.3) is 0 Å². The van der Waals surface area contributed by atoms with Gasteiger partial charge in [-0.25, -0.2) is 4.39 Å². The van der Waals surface area contributed by atoms with Crippen molar-refractivity contribution >= 4 is 23.2 Å². The topological polar surface area (TPSA) is 20.3 Å². The number of hydrogen-bond acceptors (Lipinski definition) is 2. The standard InChI is InChI=1S/C22H28FNOS.ClH/c1-16-14-17(2)22(18(3)15-16)26(25)21-9-12-24(13-10-21)11-8-19-4-6-20(23)7-5-19;/h4-7,14-15,21H,8-13H2,1-3H3;1H. The van der Waals surface area contributed by atoms with Crippen molar-refractivity contribution in [3.63, 3.8) is 0 Å². The number of hydrogen-bond donors (Lipinski definition) is 0. The molecule has 1 heterocycles. The van der Waals surface area contributed by atoms with E-state index in [1.165, 1.54) is 23.3 Å². The number of likely N-dealkylation sites (tertiary alicyclic amines) is 1. The Morgan fingerprint density at radius 2 is 1.59 bits per heavy atom. The lowest BCUT2D eigenvalue weighted by Gasteiger charge is -2.32. The fourth-order valence-electron chi connectivity index (χ4n) is 3.94. The largest absolute Gasteiger partial charge is 0.303 e. The predicted molar refractivity (Wildman–Crippen MR) is 114 cm³/mol. The average molecular weight is 410 g/mol. The highest BCUT2D eigenvalue weighted by Gasteiger charge is 2.26. The fourth-order valence-corrected chi connectivity index (χ4v) is 5.66. The molecule has 5 heteroatoms. The molecule has 0 saturated carbocycles. The zero-order chi connectivity index (χ0) is 18.7. The molecular weight excluding hydrogens is 381 g/mol. The lowest BCUT2D eigenvalue weighted by molar-refractivity contribution is 0.234. The third-order valence-electron chi connectivity index (χ3n) is 5.27. The highest BCUT2D eigenvalue weighted by molar-refractivity contribution is 7.85. The Kier molecular flexibility index (Phi) is 8.02. The summed E-state index contributed by atoms with van der Waals surface area (Å²) in [5.41, 5.74) is 4.71. The van der Waals surface area contributed by atoms with E-state index in [0.717, 1.165) is 54.9 Å². The van der Waals surface area contributed by atoms with Gasteiger partial charge in [0.05, 0.1) is 10.8 Å². The van der Waals surface area contributed by atoms with Gasteiger partial charge in [0.2, 0.25) is 0 Å². The predicted octanol–water partition coefficient (Wildman–Crippen LogP) is 4.99. The maximum Gasteiger partial charge on any atom is 0.123 e. The molecule has 2 nitrogen and oxygen atoms in total. The monoisotopic (exact) mass is 409 g/mol. The second kappa shape index (κ2) is 9.81. The zero-order valence-electron chi connectivity index (χ0n) is 16.3. The molecule has 0 aromatic heterocycles. The first-order chi connectivity index (χ1) is 12.4. The van der Waals surface area contributed by atoms with E-state index in [4.69, 9.17) is 0 Å². The fraction of sp³-hybridized carbons (Fsp3) is 0.455. The van der Waals surface area contributed by atoms with Gasteiger partial charge >= 0.3 is 0 Å². The van der Waals surface area contributed by atoms with E-state index in [1.807, 2.05) is 12.1 Å². The number of nitrogens with zero attached hydrogens (tertiary/aromatic N) is 1. The molecular formula is C22H29ClFNOS. The SMILES string of the molecule is Cc1cc(C)c(S(=O)C2CCN(CCc3ccc(F)cc3)CC2)c(C)c1.Cl. The molecule has 1 aliphatic rings. The van der Waals surface area contributed by atoms with Gasteiger partial charge in [-0.15, -0.1) is 12.4 Å². The summed E-state index contributed by atoms with van der Waals surface area (Å²) in [5, 5.41) is 0.247. The lowest BCUT2D eigenvalue weighted by Crippen LogP contribution is -2.38. The quantitative estimate of drug-likeness (QED) is 0.693. The van der Waals surface area contributed by atoms with Gasteiger partial charge in [-0.1, -0.05) is 29.8 Å². The Labute approximate surface area is 171 Å². The Bertz CT molecular complexity index is 762. The molecule has 0 N–H and O–H groups in total. The van der Waals surface area contributed by atoms with Gasteiger partial charge in [-0.05, 0) is 81.9 Å². The van der Waals surface area contributed by atoms with Crippen molar-refractivity contribution in [3.8, 4) is 0 Å². The Morgan fingerprint density at radius 3 is 2.15 bits per heavy atom. The van der Waals surface area contributed by atoms with E-state index in [0.29, 0.717) is 0 Å². The molecule has 27 heavy (non-hydrogen) atoms. The van der Waals surface area contributed by atoms with E-state index in [1.54, 1.807) is 0 Å². The van der Waals surface area contributed by atoms with Crippen LogP contribution in [0.4, 0.5) is 4.39 Å². The van der Waals surface area contributed by atoms with Crippen molar-refractivity contribution in [3.05, 3.63) is 64.5 Å². The average Bonchev–Trinajstić information content (AvgIpc) is 2.61. The summed E-state index contributed by atoms with van der Waals surface area (Å²) in [5.74, 6) is -0.182. The summed E-state index contributed by atoms with van der Waals surface area (Å²) < 4.78 is 26.1. The van der Waals surface area contributed by atoms with Crippen molar-refractivity contribution in [2.45, 2.75) is 50.2 Å². The lowest BCUT2D eigenvalue weighted by atomic mass is 10.1. The first kappa shape index (κ1) is 22.1. The van der Waals surface area contributed by atoms with Gasteiger partial charge in [-0.3, -0.25) is 4.21 Å². The minimum atomic E-state index is -0.927. The van der Waals surface area contributed by atoms with Crippen LogP contribution in [0.3, 0.4) is 0 Å². The van der Waals surface area contributed by atoms with Gasteiger partial charge in [0.25, 0.3) is 0 Å². The maximum absolute atomic E-state index is 13.1. The molecule has 0 bridgehead atoms. The van der Waals surface area contributed by atoms with Crippen LogP contribution in [-0.2, 0) is 17.2 Å². The van der Waals surface area contributed by atoms with Crippen molar-refractivity contribution < 1.29 is 8.60 Å². The minimum absolute atomic E-state index is 0. The zero-order valence-corrected chi connectivity index (χ0v) is 18.0. The van der Waals surface area contributed by atoms with Crippen LogP contribution >= 0.6 is 12.4 Å². The highest BCUT2D eigenvalue weighted by atomic mass is 35.5. The van der Waals surface area contributed by atoms with Crippen molar-refractivity contribution in [2.75, 3.05) is 19.6 Å². The molecule has 0 radical (unpaired) electrons. The van der Waals surface area contributed by atoms with Crippen molar-refractivity contribution in [2.24, 2.45) is 0 Å². The van der Waals surface area contributed by atoms with Crippen LogP contribution in [0.1, 0.15) is 35.1 Å². The smallest absolute Gasteiger partial charge is 0.123 e. The first-order valence-corrected chi connectivity index (χ1v) is 10.6. The summed E-state index contributed by atoms with van der Waals surface area (Å²) in [6, 6.07) is 11.0. The van der Waals surface area contributed by atoms with Gasteiger partial charge in [0.1, 0.15) is 5.82 Å². The summed E-state index contributed by atoms with van der Waals surface area (Å²) >= 11 is 0. The normalized spacial score (nSPS) is 16.7. The molecule has 3 rings (SSSR count). The molecule has 0 spiro atoms. The summed E-state index contributed by atoms with van der Waals surface area (Å²) in [6.07, 6.45) is 2.88. The summed E-state index contributed by atoms with van der Waals surface area (Å²) in [4.78, 5) is 3.48. The highest BCUT2D eigenvalue weighted by Crippen LogP contribution is 2.27. The van der Waals surface area contributed by atoms with E-state index in [2.05, 4.69) is 37.8 Å². The molecule has 1 unspecified atom stereocenters. The molecule has 0 amide bonds. The molecule has 1 aliphatic heterocycles. The molecule has 1 fully saturated rings. The van der Waals surface area contributed by atoms with Gasteiger partial charge in [0, 0.05) is 16.7 Å². The molecule has 0 aliphatic carbocycles. The van der Waals surface area contributed by atoms with Gasteiger partial charge in [-0.2, -0.15) is 0 Å². The van der Waals surface area contributed by atoms with E-state index < -0.39 is 10.8 Å². The molecule has 1 saturated heterocycles. The summed E-state index contributed by atoms with van der Waals surface area (Å²) in [7, 11) is -0.927. The van der Waals surface area contributed by atoms with Gasteiger partial charge in [0.15, 0.2) is 0 Å². The molecule has 148 valence electrons. The van der Waals surface area contributed by atoms with Crippen LogP contribution in [0, 0.1) is 26.6 Å². The minimum Gasteiger partial charge on any atom is -0.303 e. The number of rotatable bonds is 5. The second-order valence-electron chi connectivity index (χ2n) is 7.44. The van der Waals surface area contributed by atoms with Gasteiger partial charge < -0.3 is 4.90 Å². The molecule has 1 atom stereocenters. The molecule has 2 aromatic rings. The van der Waals surface area contributed by atoms with Crippen LogP contribution in [0.15, 0.2) is 41.3 Å².